The number of ether oxygens (including phenoxy) is 1. The minimum Gasteiger partial charge on any atom is -0.481 e. The Morgan fingerprint density at radius 3 is 2.75 bits per heavy atom. The third-order valence-corrected chi connectivity index (χ3v) is 3.40. The fraction of sp³-hybridized carbons (Fsp3) is 0.909. The Kier molecular flexibility index (Phi) is 4.15. The third kappa shape index (κ3) is 3.17. The summed E-state index contributed by atoms with van der Waals surface area (Å²) in [6.45, 7) is 3.33. The number of hydrazine groups is 1. The number of carboxylic acids is 1. The van der Waals surface area contributed by atoms with E-state index >= 15 is 0 Å². The Hall–Kier alpha value is -0.650. The molecular formula is C11H20N2O3. The second-order valence-corrected chi connectivity index (χ2v) is 4.63. The Balaban J connectivity index is 1.78. The van der Waals surface area contributed by atoms with E-state index in [9.17, 15) is 4.79 Å². The van der Waals surface area contributed by atoms with Gasteiger partial charge in [-0.1, -0.05) is 6.42 Å². The molecule has 0 amide bonds. The van der Waals surface area contributed by atoms with Gasteiger partial charge in [-0.3, -0.25) is 10.2 Å². The van der Waals surface area contributed by atoms with Crippen molar-refractivity contribution in [3.63, 3.8) is 0 Å². The van der Waals surface area contributed by atoms with E-state index in [2.05, 4.69) is 10.4 Å². The molecule has 5 heteroatoms. The van der Waals surface area contributed by atoms with Crippen LogP contribution in [0, 0.1) is 5.92 Å². The van der Waals surface area contributed by atoms with Crippen LogP contribution >= 0.6 is 0 Å². The lowest BCUT2D eigenvalue weighted by Gasteiger charge is -2.34. The highest BCUT2D eigenvalue weighted by Gasteiger charge is 2.28. The number of rotatable bonds is 3. The van der Waals surface area contributed by atoms with Gasteiger partial charge in [-0.15, -0.1) is 0 Å². The molecule has 16 heavy (non-hydrogen) atoms. The van der Waals surface area contributed by atoms with Crippen LogP contribution in [0.15, 0.2) is 0 Å². The summed E-state index contributed by atoms with van der Waals surface area (Å²) in [4.78, 5) is 10.9. The van der Waals surface area contributed by atoms with Crippen LogP contribution in [0.1, 0.15) is 25.7 Å². The molecule has 2 rings (SSSR count). The minimum absolute atomic E-state index is 0.160. The molecule has 2 atom stereocenters. The number of hydrogen-bond donors (Lipinski definition) is 2. The van der Waals surface area contributed by atoms with Crippen LogP contribution in [0.2, 0.25) is 0 Å². The molecule has 0 aromatic carbocycles. The van der Waals surface area contributed by atoms with Gasteiger partial charge in [0.2, 0.25) is 0 Å². The van der Waals surface area contributed by atoms with E-state index in [0.29, 0.717) is 6.04 Å². The van der Waals surface area contributed by atoms with E-state index in [1.165, 1.54) is 0 Å². The molecule has 1 saturated carbocycles. The lowest BCUT2D eigenvalue weighted by Crippen LogP contribution is -2.51. The standard InChI is InChI=1S/C11H20N2O3/c14-11(15)9-2-1-3-10(8-9)12-13-4-6-16-7-5-13/h9-10,12H,1-8H2,(H,14,15). The van der Waals surface area contributed by atoms with E-state index in [-0.39, 0.29) is 5.92 Å². The summed E-state index contributed by atoms with van der Waals surface area (Å²) in [6, 6.07) is 0.327. The first-order valence-electron chi connectivity index (χ1n) is 6.07. The smallest absolute Gasteiger partial charge is 0.306 e. The van der Waals surface area contributed by atoms with Crippen LogP contribution in [-0.4, -0.2) is 48.4 Å². The maximum Gasteiger partial charge on any atom is 0.306 e. The number of carboxylic acid groups (broad SMARTS) is 1. The summed E-state index contributed by atoms with van der Waals surface area (Å²) in [7, 11) is 0. The van der Waals surface area contributed by atoms with Crippen molar-refractivity contribution in [2.75, 3.05) is 26.3 Å². The van der Waals surface area contributed by atoms with Crippen molar-refractivity contribution >= 4 is 5.97 Å². The molecule has 0 aromatic heterocycles. The van der Waals surface area contributed by atoms with Gasteiger partial charge < -0.3 is 9.84 Å². The number of aliphatic carboxylic acids is 1. The molecule has 0 spiro atoms. The molecule has 1 saturated heterocycles. The number of carbonyl (C=O) groups is 1. The lowest BCUT2D eigenvalue weighted by atomic mass is 9.86. The van der Waals surface area contributed by atoms with Crippen LogP contribution in [0.3, 0.4) is 0 Å². The fourth-order valence-electron chi connectivity index (χ4n) is 2.48. The Bertz CT molecular complexity index is 241. The fourth-order valence-corrected chi connectivity index (χ4v) is 2.48. The second-order valence-electron chi connectivity index (χ2n) is 4.63. The number of hydrogen-bond acceptors (Lipinski definition) is 4. The topological polar surface area (TPSA) is 61.8 Å². The first kappa shape index (κ1) is 11.8. The molecule has 2 N–H and O–H groups in total. The molecule has 1 aliphatic carbocycles. The van der Waals surface area contributed by atoms with Crippen LogP contribution in [0.5, 0.6) is 0 Å². The van der Waals surface area contributed by atoms with Gasteiger partial charge in [0.05, 0.1) is 19.1 Å². The van der Waals surface area contributed by atoms with E-state index in [0.717, 1.165) is 52.0 Å². The van der Waals surface area contributed by atoms with Crippen molar-refractivity contribution in [1.29, 1.82) is 0 Å². The van der Waals surface area contributed by atoms with E-state index < -0.39 is 5.97 Å². The molecule has 1 aliphatic heterocycles. The molecular weight excluding hydrogens is 208 g/mol. The second kappa shape index (κ2) is 5.61. The highest BCUT2D eigenvalue weighted by molar-refractivity contribution is 5.70. The Labute approximate surface area is 95.7 Å². The summed E-state index contributed by atoms with van der Waals surface area (Å²) in [5, 5.41) is 11.2. The maximum atomic E-state index is 10.9. The molecule has 2 fully saturated rings. The molecule has 5 nitrogen and oxygen atoms in total. The van der Waals surface area contributed by atoms with E-state index in [1.54, 1.807) is 0 Å². The maximum absolute atomic E-state index is 10.9. The first-order chi connectivity index (χ1) is 7.75. The van der Waals surface area contributed by atoms with Crippen LogP contribution in [0.25, 0.3) is 0 Å². The lowest BCUT2D eigenvalue weighted by molar-refractivity contribution is -0.143. The van der Waals surface area contributed by atoms with Gasteiger partial charge in [0.1, 0.15) is 0 Å². The van der Waals surface area contributed by atoms with Crippen molar-refractivity contribution in [2.24, 2.45) is 5.92 Å². The molecule has 0 bridgehead atoms. The first-order valence-corrected chi connectivity index (χ1v) is 6.07. The van der Waals surface area contributed by atoms with Crippen molar-refractivity contribution < 1.29 is 14.6 Å². The predicted octanol–water partition coefficient (Wildman–Crippen LogP) is 0.467. The predicted molar refractivity (Wildman–Crippen MR) is 58.9 cm³/mol. The quantitative estimate of drug-likeness (QED) is 0.735. The number of nitrogens with one attached hydrogen (secondary N) is 1. The van der Waals surface area contributed by atoms with Gasteiger partial charge in [0.25, 0.3) is 0 Å². The summed E-state index contributed by atoms with van der Waals surface area (Å²) in [5.74, 6) is -0.805. The van der Waals surface area contributed by atoms with E-state index in [1.807, 2.05) is 0 Å². The molecule has 0 aromatic rings. The molecule has 0 radical (unpaired) electrons. The average molecular weight is 228 g/mol. The van der Waals surface area contributed by atoms with Crippen molar-refractivity contribution in [2.45, 2.75) is 31.7 Å². The minimum atomic E-state index is -0.645. The van der Waals surface area contributed by atoms with Crippen molar-refractivity contribution in [1.82, 2.24) is 10.4 Å². The van der Waals surface area contributed by atoms with Gasteiger partial charge in [-0.05, 0) is 19.3 Å². The Morgan fingerprint density at radius 2 is 2.06 bits per heavy atom. The summed E-state index contributed by atoms with van der Waals surface area (Å²) >= 11 is 0. The van der Waals surface area contributed by atoms with Crippen LogP contribution in [-0.2, 0) is 9.53 Å². The molecule has 2 aliphatic rings. The van der Waals surface area contributed by atoms with Crippen molar-refractivity contribution in [3.8, 4) is 0 Å². The summed E-state index contributed by atoms with van der Waals surface area (Å²) in [5.41, 5.74) is 3.43. The van der Waals surface area contributed by atoms with Gasteiger partial charge in [0, 0.05) is 19.1 Å². The summed E-state index contributed by atoms with van der Waals surface area (Å²) in [6.07, 6.45) is 3.68. The van der Waals surface area contributed by atoms with Gasteiger partial charge >= 0.3 is 5.97 Å². The number of nitrogens with zero attached hydrogens (tertiary/aromatic N) is 1. The highest BCUT2D eigenvalue weighted by atomic mass is 16.5. The van der Waals surface area contributed by atoms with Gasteiger partial charge in [-0.25, -0.2) is 5.01 Å². The van der Waals surface area contributed by atoms with E-state index in [4.69, 9.17) is 9.84 Å². The third-order valence-electron chi connectivity index (χ3n) is 3.40. The SMILES string of the molecule is O=C(O)C1CCCC(NN2CCOCC2)C1. The Morgan fingerprint density at radius 1 is 1.31 bits per heavy atom. The normalized spacial score (nSPS) is 32.5. The zero-order chi connectivity index (χ0) is 11.4. The van der Waals surface area contributed by atoms with Crippen LogP contribution < -0.4 is 5.43 Å². The summed E-state index contributed by atoms with van der Waals surface area (Å²) < 4.78 is 5.27. The molecule has 2 unspecified atom stereocenters. The average Bonchev–Trinajstić information content (AvgIpc) is 2.30. The number of morpholine rings is 1. The largest absolute Gasteiger partial charge is 0.481 e. The zero-order valence-electron chi connectivity index (χ0n) is 9.52. The highest BCUT2D eigenvalue weighted by Crippen LogP contribution is 2.24. The van der Waals surface area contributed by atoms with Crippen LogP contribution in [0.4, 0.5) is 0 Å². The zero-order valence-corrected chi connectivity index (χ0v) is 9.52. The molecule has 92 valence electrons. The van der Waals surface area contributed by atoms with Gasteiger partial charge in [0.15, 0.2) is 0 Å². The molecule has 1 heterocycles. The van der Waals surface area contributed by atoms with Crippen molar-refractivity contribution in [3.05, 3.63) is 0 Å². The monoisotopic (exact) mass is 228 g/mol. The van der Waals surface area contributed by atoms with Gasteiger partial charge in [-0.2, -0.15) is 0 Å².